The lowest BCUT2D eigenvalue weighted by atomic mass is 10.1. The Morgan fingerprint density at radius 2 is 1.75 bits per heavy atom. The van der Waals surface area contributed by atoms with Crippen LogP contribution >= 0.6 is 11.8 Å². The van der Waals surface area contributed by atoms with E-state index in [0.717, 1.165) is 0 Å². The van der Waals surface area contributed by atoms with Gasteiger partial charge in [-0.1, -0.05) is 6.07 Å². The molecule has 0 bridgehead atoms. The molecule has 0 aliphatic rings. The molecule has 4 nitrogen and oxygen atoms in total. The highest BCUT2D eigenvalue weighted by Crippen LogP contribution is 2.24. The van der Waals surface area contributed by atoms with Gasteiger partial charge in [0.2, 0.25) is 0 Å². The first-order valence-corrected chi connectivity index (χ1v) is 5.71. The summed E-state index contributed by atoms with van der Waals surface area (Å²) in [5.41, 5.74) is 0.477. The van der Waals surface area contributed by atoms with E-state index in [9.17, 15) is 9.59 Å². The van der Waals surface area contributed by atoms with Crippen LogP contribution in [0.3, 0.4) is 0 Å². The van der Waals surface area contributed by atoms with Gasteiger partial charge in [0.15, 0.2) is 0 Å². The number of ether oxygens (including phenoxy) is 2. The number of rotatable bonds is 3. The molecule has 0 aliphatic heterocycles. The number of benzene rings is 1. The Bertz CT molecular complexity index is 414. The van der Waals surface area contributed by atoms with Gasteiger partial charge in [0, 0.05) is 4.90 Å². The Morgan fingerprint density at radius 3 is 2.25 bits per heavy atom. The van der Waals surface area contributed by atoms with Crippen LogP contribution in [0.25, 0.3) is 0 Å². The van der Waals surface area contributed by atoms with Crippen LogP contribution in [0.15, 0.2) is 23.1 Å². The molecule has 5 heteroatoms. The quantitative estimate of drug-likeness (QED) is 0.597. The molecule has 86 valence electrons. The molecule has 0 unspecified atom stereocenters. The minimum atomic E-state index is -0.545. The Hall–Kier alpha value is -1.49. The van der Waals surface area contributed by atoms with Crippen LogP contribution in [0.5, 0.6) is 0 Å². The van der Waals surface area contributed by atoms with Gasteiger partial charge in [-0.2, -0.15) is 0 Å². The molecule has 1 aromatic rings. The van der Waals surface area contributed by atoms with E-state index in [1.54, 1.807) is 12.1 Å². The highest BCUT2D eigenvalue weighted by Gasteiger charge is 2.21. The van der Waals surface area contributed by atoms with Crippen LogP contribution in [0, 0.1) is 0 Å². The fraction of sp³-hybridized carbons (Fsp3) is 0.273. The molecule has 1 aromatic carbocycles. The highest BCUT2D eigenvalue weighted by molar-refractivity contribution is 7.98. The number of carbonyl (C=O) groups excluding carboxylic acids is 2. The van der Waals surface area contributed by atoms with Crippen molar-refractivity contribution >= 4 is 23.7 Å². The molecule has 0 aliphatic carbocycles. The summed E-state index contributed by atoms with van der Waals surface area (Å²) in [7, 11) is 2.55. The molecule has 0 atom stereocenters. The predicted octanol–water partition coefficient (Wildman–Crippen LogP) is 1.98. The second-order valence-electron chi connectivity index (χ2n) is 2.87. The SMILES string of the molecule is COC(=O)c1cccc(SC)c1C(=O)OC. The summed E-state index contributed by atoms with van der Waals surface area (Å²) in [5.74, 6) is -1.08. The lowest BCUT2D eigenvalue weighted by molar-refractivity contribution is 0.0552. The summed E-state index contributed by atoms with van der Waals surface area (Å²) < 4.78 is 9.27. The fourth-order valence-corrected chi connectivity index (χ4v) is 1.91. The minimum absolute atomic E-state index is 0.223. The predicted molar refractivity (Wildman–Crippen MR) is 60.9 cm³/mol. The maximum Gasteiger partial charge on any atom is 0.339 e. The van der Waals surface area contributed by atoms with Gasteiger partial charge >= 0.3 is 11.9 Å². The van der Waals surface area contributed by atoms with Crippen molar-refractivity contribution in [2.45, 2.75) is 4.90 Å². The number of thioether (sulfide) groups is 1. The average molecular weight is 240 g/mol. The monoisotopic (exact) mass is 240 g/mol. The summed E-state index contributed by atoms with van der Waals surface area (Å²) >= 11 is 1.37. The first-order valence-electron chi connectivity index (χ1n) is 4.49. The van der Waals surface area contributed by atoms with E-state index >= 15 is 0 Å². The zero-order valence-electron chi connectivity index (χ0n) is 9.27. The van der Waals surface area contributed by atoms with Crippen LogP contribution in [-0.4, -0.2) is 32.4 Å². The van der Waals surface area contributed by atoms with Gasteiger partial charge in [-0.3, -0.25) is 0 Å². The van der Waals surface area contributed by atoms with Gasteiger partial charge in [0.05, 0.1) is 25.3 Å². The highest BCUT2D eigenvalue weighted by atomic mass is 32.2. The first kappa shape index (κ1) is 12.6. The van der Waals surface area contributed by atoms with Crippen LogP contribution in [0.1, 0.15) is 20.7 Å². The number of esters is 2. The molecule has 0 saturated heterocycles. The van der Waals surface area contributed by atoms with E-state index in [0.29, 0.717) is 4.90 Å². The van der Waals surface area contributed by atoms with E-state index in [2.05, 4.69) is 9.47 Å². The Balaban J connectivity index is 3.37. The third-order valence-corrected chi connectivity index (χ3v) is 2.82. The molecule has 0 heterocycles. The minimum Gasteiger partial charge on any atom is -0.465 e. The van der Waals surface area contributed by atoms with Gasteiger partial charge in [0.25, 0.3) is 0 Å². The van der Waals surface area contributed by atoms with Crippen LogP contribution in [0.2, 0.25) is 0 Å². The van der Waals surface area contributed by atoms with Crippen LogP contribution in [-0.2, 0) is 9.47 Å². The smallest absolute Gasteiger partial charge is 0.339 e. The topological polar surface area (TPSA) is 52.6 Å². The molecule has 16 heavy (non-hydrogen) atoms. The lowest BCUT2D eigenvalue weighted by Gasteiger charge is -2.09. The van der Waals surface area contributed by atoms with Crippen molar-refractivity contribution < 1.29 is 19.1 Å². The molecule has 1 rings (SSSR count). The Labute approximate surface area is 97.9 Å². The summed E-state index contributed by atoms with van der Waals surface area (Å²) in [5, 5.41) is 0. The van der Waals surface area contributed by atoms with E-state index in [4.69, 9.17) is 0 Å². The number of carbonyl (C=O) groups is 2. The third kappa shape index (κ3) is 2.36. The van der Waals surface area contributed by atoms with E-state index in [1.165, 1.54) is 32.0 Å². The second kappa shape index (κ2) is 5.55. The van der Waals surface area contributed by atoms with Gasteiger partial charge in [-0.05, 0) is 18.4 Å². The van der Waals surface area contributed by atoms with Crippen molar-refractivity contribution in [1.29, 1.82) is 0 Å². The normalized spacial score (nSPS) is 9.69. The number of methoxy groups -OCH3 is 2. The Kier molecular flexibility index (Phi) is 4.37. The van der Waals surface area contributed by atoms with Crippen molar-refractivity contribution in [2.24, 2.45) is 0 Å². The third-order valence-electron chi connectivity index (χ3n) is 2.04. The van der Waals surface area contributed by atoms with Crippen molar-refractivity contribution in [1.82, 2.24) is 0 Å². The lowest BCUT2D eigenvalue weighted by Crippen LogP contribution is -2.12. The summed E-state index contributed by atoms with van der Waals surface area (Å²) in [6.45, 7) is 0. The first-order chi connectivity index (χ1) is 7.65. The summed E-state index contributed by atoms with van der Waals surface area (Å²) in [6.07, 6.45) is 1.82. The van der Waals surface area contributed by atoms with E-state index < -0.39 is 11.9 Å². The molecule has 0 radical (unpaired) electrons. The largest absolute Gasteiger partial charge is 0.465 e. The van der Waals surface area contributed by atoms with Gasteiger partial charge in [-0.25, -0.2) is 9.59 Å². The molecule has 0 saturated carbocycles. The second-order valence-corrected chi connectivity index (χ2v) is 3.71. The van der Waals surface area contributed by atoms with Gasteiger partial charge in [0.1, 0.15) is 0 Å². The maximum absolute atomic E-state index is 11.6. The molecule has 0 aromatic heterocycles. The molecule has 0 fully saturated rings. The van der Waals surface area contributed by atoms with Crippen molar-refractivity contribution in [2.75, 3.05) is 20.5 Å². The van der Waals surface area contributed by atoms with Crippen molar-refractivity contribution in [3.63, 3.8) is 0 Å². The Morgan fingerprint density at radius 1 is 1.12 bits per heavy atom. The van der Waals surface area contributed by atoms with Gasteiger partial charge < -0.3 is 9.47 Å². The van der Waals surface area contributed by atoms with Gasteiger partial charge in [-0.15, -0.1) is 11.8 Å². The zero-order chi connectivity index (χ0) is 12.1. The molecule has 0 N–H and O–H groups in total. The molecular formula is C11H12O4S. The van der Waals surface area contributed by atoms with E-state index in [-0.39, 0.29) is 11.1 Å². The zero-order valence-corrected chi connectivity index (χ0v) is 10.1. The van der Waals surface area contributed by atoms with Crippen molar-refractivity contribution in [3.8, 4) is 0 Å². The average Bonchev–Trinajstić information content (AvgIpc) is 2.35. The summed E-state index contributed by atoms with van der Waals surface area (Å²) in [6, 6.07) is 4.99. The van der Waals surface area contributed by atoms with E-state index in [1.807, 2.05) is 6.26 Å². The van der Waals surface area contributed by atoms with Crippen LogP contribution < -0.4 is 0 Å². The standard InChI is InChI=1S/C11H12O4S/c1-14-10(12)7-5-4-6-8(16-3)9(7)11(13)15-2/h4-6H,1-3H3. The van der Waals surface area contributed by atoms with Crippen LogP contribution in [0.4, 0.5) is 0 Å². The molecule has 0 amide bonds. The van der Waals surface area contributed by atoms with Crippen molar-refractivity contribution in [3.05, 3.63) is 29.3 Å². The maximum atomic E-state index is 11.6. The molecular weight excluding hydrogens is 228 g/mol. The number of hydrogen-bond acceptors (Lipinski definition) is 5. The summed E-state index contributed by atoms with van der Waals surface area (Å²) in [4.78, 5) is 23.8. The fourth-order valence-electron chi connectivity index (χ4n) is 1.29. The molecule has 0 spiro atoms. The number of hydrogen-bond donors (Lipinski definition) is 0.